The fourth-order valence-electron chi connectivity index (χ4n) is 2.57. The van der Waals surface area contributed by atoms with Crippen LogP contribution < -0.4 is 10.9 Å². The highest BCUT2D eigenvalue weighted by Crippen LogP contribution is 2.15. The molecule has 1 fully saturated rings. The molecule has 0 spiro atoms. The normalized spacial score (nSPS) is 15.8. The van der Waals surface area contributed by atoms with Crippen molar-refractivity contribution in [2.75, 3.05) is 18.4 Å². The van der Waals surface area contributed by atoms with Crippen LogP contribution in [0, 0.1) is 0 Å². The van der Waals surface area contributed by atoms with Gasteiger partial charge < -0.3 is 4.98 Å². The van der Waals surface area contributed by atoms with Gasteiger partial charge in [-0.25, -0.2) is 0 Å². The van der Waals surface area contributed by atoms with Crippen molar-refractivity contribution in [3.8, 4) is 0 Å². The number of hydrogen-bond donors (Lipinski definition) is 3. The molecule has 0 aliphatic carbocycles. The molecule has 0 bridgehead atoms. The van der Waals surface area contributed by atoms with Crippen molar-refractivity contribution >= 4 is 22.9 Å². The van der Waals surface area contributed by atoms with E-state index < -0.39 is 0 Å². The molecular formula is C13H17N5O2. The Bertz CT molecular complexity index is 696. The number of aromatic nitrogens is 3. The second-order valence-corrected chi connectivity index (χ2v) is 5.14. The molecule has 2 aromatic rings. The predicted octanol–water partition coefficient (Wildman–Crippen LogP) is 0.805. The Hall–Kier alpha value is -2.15. The molecular weight excluding hydrogens is 258 g/mol. The van der Waals surface area contributed by atoms with Crippen molar-refractivity contribution in [3.05, 3.63) is 22.1 Å². The number of hydrogen-bond acceptors (Lipinski definition) is 4. The van der Waals surface area contributed by atoms with Gasteiger partial charge in [0.05, 0.1) is 5.39 Å². The fourth-order valence-corrected chi connectivity index (χ4v) is 2.57. The third kappa shape index (κ3) is 2.57. The van der Waals surface area contributed by atoms with Crippen LogP contribution in [0.25, 0.3) is 11.0 Å². The van der Waals surface area contributed by atoms with E-state index in [0.717, 1.165) is 25.3 Å². The van der Waals surface area contributed by atoms with Crippen LogP contribution in [0.5, 0.6) is 0 Å². The second-order valence-electron chi connectivity index (χ2n) is 5.14. The first-order valence-electron chi connectivity index (χ1n) is 6.74. The van der Waals surface area contributed by atoms with Gasteiger partial charge in [-0.05, 0) is 32.0 Å². The third-order valence-corrected chi connectivity index (χ3v) is 3.44. The minimum atomic E-state index is -0.267. The number of nitrogens with zero attached hydrogens (tertiary/aromatic N) is 2. The number of anilines is 1. The Balaban J connectivity index is 1.91. The summed E-state index contributed by atoms with van der Waals surface area (Å²) in [6.07, 6.45) is 2.46. The number of carbonyl (C=O) groups is 1. The monoisotopic (exact) mass is 275 g/mol. The van der Waals surface area contributed by atoms with Crippen molar-refractivity contribution in [1.82, 2.24) is 19.9 Å². The predicted molar refractivity (Wildman–Crippen MR) is 75.5 cm³/mol. The molecule has 3 rings (SSSR count). The lowest BCUT2D eigenvalue weighted by molar-refractivity contribution is -0.114. The molecule has 0 radical (unpaired) electrons. The maximum atomic E-state index is 12.0. The highest BCUT2D eigenvalue weighted by Gasteiger charge is 2.14. The number of fused-ring (bicyclic) bond motifs is 1. The van der Waals surface area contributed by atoms with Crippen molar-refractivity contribution < 1.29 is 4.79 Å². The Labute approximate surface area is 115 Å². The van der Waals surface area contributed by atoms with Gasteiger partial charge >= 0.3 is 0 Å². The summed E-state index contributed by atoms with van der Waals surface area (Å²) in [5.74, 6) is -0.0964. The van der Waals surface area contributed by atoms with Gasteiger partial charge in [-0.2, -0.15) is 4.98 Å². The Morgan fingerprint density at radius 3 is 2.85 bits per heavy atom. The zero-order valence-corrected chi connectivity index (χ0v) is 11.3. The van der Waals surface area contributed by atoms with Crippen LogP contribution >= 0.6 is 0 Å². The van der Waals surface area contributed by atoms with Gasteiger partial charge in [-0.1, -0.05) is 0 Å². The van der Waals surface area contributed by atoms with Gasteiger partial charge in [0.25, 0.3) is 5.56 Å². The quantitative estimate of drug-likeness (QED) is 0.772. The van der Waals surface area contributed by atoms with Crippen molar-refractivity contribution in [2.24, 2.45) is 0 Å². The van der Waals surface area contributed by atoms with Gasteiger partial charge in [0, 0.05) is 19.2 Å². The molecule has 0 unspecified atom stereocenters. The molecule has 2 aromatic heterocycles. The molecule has 20 heavy (non-hydrogen) atoms. The van der Waals surface area contributed by atoms with Gasteiger partial charge in [0.1, 0.15) is 5.65 Å². The smallest absolute Gasteiger partial charge is 0.261 e. The third-order valence-electron chi connectivity index (χ3n) is 3.44. The van der Waals surface area contributed by atoms with Crippen molar-refractivity contribution in [3.63, 3.8) is 0 Å². The van der Waals surface area contributed by atoms with E-state index in [9.17, 15) is 9.59 Å². The van der Waals surface area contributed by atoms with E-state index in [-0.39, 0.29) is 17.4 Å². The number of likely N-dealkylation sites (tertiary alicyclic amines) is 1. The number of amides is 1. The summed E-state index contributed by atoms with van der Waals surface area (Å²) < 4.78 is 0. The molecule has 7 heteroatoms. The topological polar surface area (TPSA) is 93.9 Å². The zero-order chi connectivity index (χ0) is 14.1. The minimum absolute atomic E-state index is 0.171. The van der Waals surface area contributed by atoms with Crippen molar-refractivity contribution in [1.29, 1.82) is 0 Å². The summed E-state index contributed by atoms with van der Waals surface area (Å²) in [6.45, 7) is 4.36. The average molecular weight is 275 g/mol. The van der Waals surface area contributed by atoms with Crippen LogP contribution in [0.3, 0.4) is 0 Å². The SMILES string of the molecule is CC(=O)Nc1nc2[nH]c(CN3CCCC3)cc2c(=O)[nH]1. The number of carbonyl (C=O) groups excluding carboxylic acids is 1. The largest absolute Gasteiger partial charge is 0.342 e. The average Bonchev–Trinajstić information content (AvgIpc) is 2.98. The Kier molecular flexibility index (Phi) is 3.27. The molecule has 1 aliphatic heterocycles. The summed E-state index contributed by atoms with van der Waals surface area (Å²) in [5.41, 5.74) is 1.23. The minimum Gasteiger partial charge on any atom is -0.342 e. The van der Waals surface area contributed by atoms with Crippen molar-refractivity contribution in [2.45, 2.75) is 26.3 Å². The summed E-state index contributed by atoms with van der Waals surface area (Å²) >= 11 is 0. The molecule has 1 amide bonds. The molecule has 7 nitrogen and oxygen atoms in total. The number of nitrogens with one attached hydrogen (secondary N) is 3. The number of aromatic amines is 2. The van der Waals surface area contributed by atoms with Crippen LogP contribution in [-0.2, 0) is 11.3 Å². The lowest BCUT2D eigenvalue weighted by atomic mass is 10.3. The maximum Gasteiger partial charge on any atom is 0.261 e. The molecule has 3 N–H and O–H groups in total. The zero-order valence-electron chi connectivity index (χ0n) is 11.3. The van der Waals surface area contributed by atoms with Gasteiger partial charge in [-0.15, -0.1) is 0 Å². The number of rotatable bonds is 3. The first-order chi connectivity index (χ1) is 9.61. The molecule has 106 valence electrons. The fraction of sp³-hybridized carbons (Fsp3) is 0.462. The van der Waals surface area contributed by atoms with E-state index in [1.54, 1.807) is 0 Å². The lowest BCUT2D eigenvalue weighted by Crippen LogP contribution is -2.18. The van der Waals surface area contributed by atoms with Crippen LogP contribution in [0.4, 0.5) is 5.95 Å². The van der Waals surface area contributed by atoms with Crippen LogP contribution in [0.15, 0.2) is 10.9 Å². The summed E-state index contributed by atoms with van der Waals surface area (Å²) in [4.78, 5) is 35.2. The second kappa shape index (κ2) is 5.09. The van der Waals surface area contributed by atoms with E-state index >= 15 is 0 Å². The first-order valence-corrected chi connectivity index (χ1v) is 6.74. The highest BCUT2D eigenvalue weighted by molar-refractivity contribution is 5.87. The highest BCUT2D eigenvalue weighted by atomic mass is 16.1. The van der Waals surface area contributed by atoms with Gasteiger partial charge in [0.15, 0.2) is 0 Å². The standard InChI is InChI=1S/C13H17N5O2/c1-8(19)14-13-16-11-10(12(20)17-13)6-9(15-11)7-18-4-2-3-5-18/h6H,2-5,7H2,1H3,(H3,14,15,16,17,19,20). The van der Waals surface area contributed by atoms with E-state index in [1.807, 2.05) is 6.07 Å². The maximum absolute atomic E-state index is 12.0. The Morgan fingerprint density at radius 2 is 2.15 bits per heavy atom. The molecule has 0 atom stereocenters. The van der Waals surface area contributed by atoms with E-state index in [0.29, 0.717) is 11.0 Å². The lowest BCUT2D eigenvalue weighted by Gasteiger charge is -2.12. The summed E-state index contributed by atoms with van der Waals surface area (Å²) in [5, 5.41) is 3.01. The molecule has 1 aliphatic rings. The van der Waals surface area contributed by atoms with Crippen LogP contribution in [-0.4, -0.2) is 38.8 Å². The summed E-state index contributed by atoms with van der Waals surface area (Å²) in [6, 6.07) is 1.83. The first kappa shape index (κ1) is 12.9. The molecule has 0 aromatic carbocycles. The van der Waals surface area contributed by atoms with E-state index in [1.165, 1.54) is 19.8 Å². The molecule has 3 heterocycles. The van der Waals surface area contributed by atoms with Crippen LogP contribution in [0.1, 0.15) is 25.5 Å². The number of H-pyrrole nitrogens is 2. The van der Waals surface area contributed by atoms with Crippen LogP contribution in [0.2, 0.25) is 0 Å². The summed E-state index contributed by atoms with van der Waals surface area (Å²) in [7, 11) is 0. The van der Waals surface area contributed by atoms with E-state index in [4.69, 9.17) is 0 Å². The molecule has 1 saturated heterocycles. The van der Waals surface area contributed by atoms with Gasteiger partial charge in [0.2, 0.25) is 11.9 Å². The van der Waals surface area contributed by atoms with Gasteiger partial charge in [-0.3, -0.25) is 24.8 Å². The Morgan fingerprint density at radius 1 is 1.40 bits per heavy atom. The van der Waals surface area contributed by atoms with E-state index in [2.05, 4.69) is 25.2 Å². The molecule has 0 saturated carbocycles.